The third-order valence-electron chi connectivity index (χ3n) is 5.99. The number of hydrogen-bond donors (Lipinski definition) is 0. The van der Waals surface area contributed by atoms with Crippen molar-refractivity contribution in [2.75, 3.05) is 0 Å². The molecular formula is C24H25N3O2. The van der Waals surface area contributed by atoms with Crippen LogP contribution in [0.1, 0.15) is 57.1 Å². The smallest absolute Gasteiger partial charge is 0.205 e. The molecule has 0 saturated carbocycles. The third-order valence-corrected chi connectivity index (χ3v) is 5.99. The van der Waals surface area contributed by atoms with E-state index in [1.807, 2.05) is 30.5 Å². The van der Waals surface area contributed by atoms with Crippen molar-refractivity contribution in [1.29, 1.82) is 10.5 Å². The number of rotatable bonds is 2. The maximum Gasteiger partial charge on any atom is 0.205 e. The fourth-order valence-electron chi connectivity index (χ4n) is 4.72. The lowest BCUT2D eigenvalue weighted by atomic mass is 9.83. The van der Waals surface area contributed by atoms with Crippen LogP contribution in [0.15, 0.2) is 40.9 Å². The maximum atomic E-state index is 9.25. The summed E-state index contributed by atoms with van der Waals surface area (Å²) in [7, 11) is 0. The van der Waals surface area contributed by atoms with Crippen molar-refractivity contribution in [3.8, 4) is 18.0 Å². The minimum Gasteiger partial charge on any atom is -0.489 e. The molecule has 2 aliphatic heterocycles. The number of aliphatic imine (C=N–C) groups is 1. The Balaban J connectivity index is 1.65. The lowest BCUT2D eigenvalue weighted by Crippen LogP contribution is -2.41. The summed E-state index contributed by atoms with van der Waals surface area (Å²) in [5.41, 5.74) is 4.53. The average molecular weight is 387 g/mol. The molecule has 1 fully saturated rings. The molecule has 4 rings (SSSR count). The summed E-state index contributed by atoms with van der Waals surface area (Å²) in [6, 6.07) is 8.31. The lowest BCUT2D eigenvalue weighted by molar-refractivity contribution is -0.0736. The Hall–Kier alpha value is -2.89. The quantitative estimate of drug-likeness (QED) is 0.674. The van der Waals surface area contributed by atoms with Gasteiger partial charge in [-0.2, -0.15) is 15.5 Å². The third kappa shape index (κ3) is 4.11. The summed E-state index contributed by atoms with van der Waals surface area (Å²) in [5, 5.41) is 18.5. The SMILES string of the molecule is CC1CC(C2CC(=NC#N)c3cc(C4=CCCC(C#N)=C4)ccc3O2)CC(C)O1. The van der Waals surface area contributed by atoms with Gasteiger partial charge in [0, 0.05) is 23.5 Å². The van der Waals surface area contributed by atoms with Gasteiger partial charge in [-0.25, -0.2) is 0 Å². The second kappa shape index (κ2) is 8.23. The number of allylic oxidation sites excluding steroid dienone is 4. The van der Waals surface area contributed by atoms with Crippen LogP contribution in [-0.4, -0.2) is 24.0 Å². The molecule has 29 heavy (non-hydrogen) atoms. The summed E-state index contributed by atoms with van der Waals surface area (Å²) in [5.74, 6) is 1.17. The molecule has 3 atom stereocenters. The highest BCUT2D eigenvalue weighted by Gasteiger charge is 2.36. The molecule has 5 heteroatoms. The Bertz CT molecular complexity index is 967. The fraction of sp³-hybridized carbons (Fsp3) is 0.458. The monoisotopic (exact) mass is 387 g/mol. The van der Waals surface area contributed by atoms with Gasteiger partial charge in [-0.1, -0.05) is 12.1 Å². The van der Waals surface area contributed by atoms with E-state index < -0.39 is 0 Å². The first kappa shape index (κ1) is 19.4. The van der Waals surface area contributed by atoms with E-state index in [9.17, 15) is 10.5 Å². The summed E-state index contributed by atoms with van der Waals surface area (Å²) < 4.78 is 12.3. The molecule has 0 radical (unpaired) electrons. The number of nitriles is 2. The van der Waals surface area contributed by atoms with Crippen molar-refractivity contribution in [1.82, 2.24) is 0 Å². The minimum atomic E-state index is 0.00762. The van der Waals surface area contributed by atoms with Gasteiger partial charge in [0.2, 0.25) is 6.19 Å². The highest BCUT2D eigenvalue weighted by molar-refractivity contribution is 6.05. The second-order valence-electron chi connectivity index (χ2n) is 8.20. The van der Waals surface area contributed by atoms with Crippen molar-refractivity contribution in [3.05, 3.63) is 47.1 Å². The first-order chi connectivity index (χ1) is 14.1. The molecule has 3 unspecified atom stereocenters. The van der Waals surface area contributed by atoms with Crippen molar-refractivity contribution in [2.24, 2.45) is 10.9 Å². The number of fused-ring (bicyclic) bond motifs is 1. The predicted octanol–water partition coefficient (Wildman–Crippen LogP) is 4.94. The van der Waals surface area contributed by atoms with Gasteiger partial charge in [0.15, 0.2) is 0 Å². The Morgan fingerprint density at radius 1 is 1.14 bits per heavy atom. The van der Waals surface area contributed by atoms with Crippen molar-refractivity contribution >= 4 is 11.3 Å². The van der Waals surface area contributed by atoms with Gasteiger partial charge in [-0.05, 0) is 68.9 Å². The molecule has 1 saturated heterocycles. The molecule has 0 amide bonds. The Labute approximate surface area is 172 Å². The molecule has 0 bridgehead atoms. The highest BCUT2D eigenvalue weighted by Crippen LogP contribution is 2.38. The fourth-order valence-corrected chi connectivity index (χ4v) is 4.72. The summed E-state index contributed by atoms with van der Waals surface area (Å²) >= 11 is 0. The molecule has 3 aliphatic rings. The average Bonchev–Trinajstić information content (AvgIpc) is 2.73. The zero-order valence-corrected chi connectivity index (χ0v) is 16.9. The zero-order valence-electron chi connectivity index (χ0n) is 16.9. The molecule has 148 valence electrons. The zero-order chi connectivity index (χ0) is 20.4. The van der Waals surface area contributed by atoms with E-state index >= 15 is 0 Å². The van der Waals surface area contributed by atoms with Gasteiger partial charge in [-0.15, -0.1) is 0 Å². The molecule has 2 heterocycles. The molecule has 0 spiro atoms. The summed E-state index contributed by atoms with van der Waals surface area (Å²) in [6.07, 6.45) is 10.7. The first-order valence-corrected chi connectivity index (χ1v) is 10.3. The van der Waals surface area contributed by atoms with Crippen molar-refractivity contribution in [3.63, 3.8) is 0 Å². The van der Waals surface area contributed by atoms with E-state index in [4.69, 9.17) is 9.47 Å². The molecule has 5 nitrogen and oxygen atoms in total. The predicted molar refractivity (Wildman–Crippen MR) is 111 cm³/mol. The van der Waals surface area contributed by atoms with Crippen LogP contribution < -0.4 is 4.74 Å². The van der Waals surface area contributed by atoms with Crippen LogP contribution in [0.4, 0.5) is 0 Å². The van der Waals surface area contributed by atoms with E-state index in [0.29, 0.717) is 12.3 Å². The molecule has 0 aromatic heterocycles. The van der Waals surface area contributed by atoms with Gasteiger partial charge >= 0.3 is 0 Å². The summed E-state index contributed by atoms with van der Waals surface area (Å²) in [4.78, 5) is 4.15. The van der Waals surface area contributed by atoms with Crippen LogP contribution in [0, 0.1) is 28.7 Å². The maximum absolute atomic E-state index is 9.25. The molecule has 1 aromatic rings. The number of ether oxygens (including phenoxy) is 2. The van der Waals surface area contributed by atoms with Crippen molar-refractivity contribution < 1.29 is 9.47 Å². The Kier molecular flexibility index (Phi) is 5.51. The van der Waals surface area contributed by atoms with Crippen LogP contribution in [0.25, 0.3) is 5.57 Å². The van der Waals surface area contributed by atoms with E-state index in [1.165, 1.54) is 0 Å². The highest BCUT2D eigenvalue weighted by atomic mass is 16.5. The second-order valence-corrected chi connectivity index (χ2v) is 8.20. The molecule has 1 aromatic carbocycles. The Morgan fingerprint density at radius 2 is 1.93 bits per heavy atom. The van der Waals surface area contributed by atoms with Crippen LogP contribution in [0.5, 0.6) is 5.75 Å². The van der Waals surface area contributed by atoms with Gasteiger partial charge < -0.3 is 9.47 Å². The number of hydrogen-bond acceptors (Lipinski definition) is 5. The summed E-state index contributed by atoms with van der Waals surface area (Å²) in [6.45, 7) is 4.22. The van der Waals surface area contributed by atoms with Crippen LogP contribution in [0.2, 0.25) is 0 Å². The normalized spacial score (nSPS) is 30.3. The van der Waals surface area contributed by atoms with E-state index in [0.717, 1.165) is 59.4 Å². The standard InChI is InChI=1S/C24H25N3O2/c1-15-8-20(9-16(2)28-15)24-12-22(27-14-26)21-11-19(6-7-23(21)29-24)18-5-3-4-17(10-18)13-25/h5-7,10-11,15-16,20,24H,3-4,8-9,12H2,1-2H3. The van der Waals surface area contributed by atoms with Gasteiger partial charge in [-0.3, -0.25) is 0 Å². The molecular weight excluding hydrogens is 362 g/mol. The number of nitrogens with zero attached hydrogens (tertiary/aromatic N) is 3. The van der Waals surface area contributed by atoms with E-state index in [1.54, 1.807) is 0 Å². The molecule has 0 N–H and O–H groups in total. The van der Waals surface area contributed by atoms with Gasteiger partial charge in [0.1, 0.15) is 11.9 Å². The van der Waals surface area contributed by atoms with Crippen molar-refractivity contribution in [2.45, 2.75) is 64.3 Å². The lowest BCUT2D eigenvalue weighted by Gasteiger charge is -2.39. The van der Waals surface area contributed by atoms with Crippen LogP contribution in [0.3, 0.4) is 0 Å². The Morgan fingerprint density at radius 3 is 2.66 bits per heavy atom. The largest absolute Gasteiger partial charge is 0.489 e. The first-order valence-electron chi connectivity index (χ1n) is 10.3. The van der Waals surface area contributed by atoms with E-state index in [2.05, 4.69) is 31.0 Å². The van der Waals surface area contributed by atoms with E-state index in [-0.39, 0.29) is 18.3 Å². The van der Waals surface area contributed by atoms with Crippen LogP contribution >= 0.6 is 0 Å². The number of benzene rings is 1. The molecule has 1 aliphatic carbocycles. The van der Waals surface area contributed by atoms with Gasteiger partial charge in [0.25, 0.3) is 0 Å². The topological polar surface area (TPSA) is 78.4 Å². The minimum absolute atomic E-state index is 0.00762. The van der Waals surface area contributed by atoms with Gasteiger partial charge in [0.05, 0.1) is 24.0 Å². The van der Waals surface area contributed by atoms with Crippen LogP contribution in [-0.2, 0) is 4.74 Å².